The van der Waals surface area contributed by atoms with Crippen molar-refractivity contribution in [2.75, 3.05) is 11.9 Å². The number of anilines is 1. The first-order valence-electron chi connectivity index (χ1n) is 8.93. The molecule has 2 aliphatic rings. The van der Waals surface area contributed by atoms with Gasteiger partial charge in [0.05, 0.1) is 12.2 Å². The van der Waals surface area contributed by atoms with Crippen molar-refractivity contribution in [1.29, 1.82) is 0 Å². The Morgan fingerprint density at radius 2 is 1.96 bits per heavy atom. The van der Waals surface area contributed by atoms with Crippen molar-refractivity contribution in [2.24, 2.45) is 17.3 Å². The monoisotopic (exact) mass is 349 g/mol. The molecule has 0 unspecified atom stereocenters. The van der Waals surface area contributed by atoms with Gasteiger partial charge in [-0.05, 0) is 55.9 Å². The highest BCUT2D eigenvalue weighted by atomic mass is 32.1. The van der Waals surface area contributed by atoms with Crippen LogP contribution in [0.4, 0.5) is 5.00 Å². The summed E-state index contributed by atoms with van der Waals surface area (Å²) >= 11 is 1.58. The first-order chi connectivity index (χ1) is 11.3. The maximum atomic E-state index is 12.5. The summed E-state index contributed by atoms with van der Waals surface area (Å²) in [5, 5.41) is 3.70. The Balaban J connectivity index is 1.91. The molecule has 0 saturated heterocycles. The van der Waals surface area contributed by atoms with Gasteiger partial charge in [-0.1, -0.05) is 20.8 Å². The Kier molecular flexibility index (Phi) is 4.73. The topological polar surface area (TPSA) is 55.4 Å². The molecule has 0 aromatic carbocycles. The number of hydrogen-bond acceptors (Lipinski definition) is 4. The molecule has 1 heterocycles. The quantitative estimate of drug-likeness (QED) is 0.819. The Morgan fingerprint density at radius 1 is 1.25 bits per heavy atom. The Bertz CT molecular complexity index is 652. The molecule has 4 nitrogen and oxygen atoms in total. The number of carbonyl (C=O) groups excluding carboxylic acids is 2. The molecule has 5 heteroatoms. The lowest BCUT2D eigenvalue weighted by Gasteiger charge is -2.33. The van der Waals surface area contributed by atoms with Gasteiger partial charge in [0.1, 0.15) is 5.00 Å². The summed E-state index contributed by atoms with van der Waals surface area (Å²) < 4.78 is 5.26. The highest BCUT2D eigenvalue weighted by molar-refractivity contribution is 7.17. The van der Waals surface area contributed by atoms with E-state index in [1.54, 1.807) is 11.3 Å². The molecule has 1 amide bonds. The molecule has 0 spiro atoms. The van der Waals surface area contributed by atoms with Crippen molar-refractivity contribution >= 4 is 28.2 Å². The van der Waals surface area contributed by atoms with E-state index in [1.807, 2.05) is 6.92 Å². The molecular formula is C19H27NO3S. The highest BCUT2D eigenvalue weighted by Gasteiger charge is 2.36. The molecule has 0 radical (unpaired) electrons. The smallest absolute Gasteiger partial charge is 0.341 e. The van der Waals surface area contributed by atoms with Crippen LogP contribution in [0.5, 0.6) is 0 Å². The number of fused-ring (bicyclic) bond motifs is 1. The maximum Gasteiger partial charge on any atom is 0.341 e. The number of rotatable bonds is 4. The predicted octanol–water partition coefficient (Wildman–Crippen LogP) is 4.42. The van der Waals surface area contributed by atoms with Gasteiger partial charge in [-0.25, -0.2) is 4.79 Å². The van der Waals surface area contributed by atoms with Crippen LogP contribution in [0.25, 0.3) is 0 Å². The largest absolute Gasteiger partial charge is 0.462 e. The minimum Gasteiger partial charge on any atom is -0.462 e. The van der Waals surface area contributed by atoms with E-state index >= 15 is 0 Å². The summed E-state index contributed by atoms with van der Waals surface area (Å²) in [6, 6.07) is 0. The molecule has 1 aromatic rings. The zero-order chi connectivity index (χ0) is 17.5. The van der Waals surface area contributed by atoms with Gasteiger partial charge in [-0.3, -0.25) is 4.79 Å². The molecule has 132 valence electrons. The van der Waals surface area contributed by atoms with E-state index in [-0.39, 0.29) is 23.2 Å². The van der Waals surface area contributed by atoms with Crippen molar-refractivity contribution in [3.05, 3.63) is 16.0 Å². The van der Waals surface area contributed by atoms with Gasteiger partial charge in [-0.15, -0.1) is 11.3 Å². The number of amides is 1. The van der Waals surface area contributed by atoms with Gasteiger partial charge in [0.15, 0.2) is 0 Å². The summed E-state index contributed by atoms with van der Waals surface area (Å²) in [5.74, 6) is 0.481. The van der Waals surface area contributed by atoms with Crippen LogP contribution in [0, 0.1) is 17.3 Å². The molecule has 1 fully saturated rings. The molecule has 1 atom stereocenters. The third-order valence-corrected chi connectivity index (χ3v) is 6.32. The second-order valence-corrected chi connectivity index (χ2v) is 9.10. The summed E-state index contributed by atoms with van der Waals surface area (Å²) in [7, 11) is 0. The lowest BCUT2D eigenvalue weighted by Crippen LogP contribution is -2.26. The third kappa shape index (κ3) is 3.51. The highest BCUT2D eigenvalue weighted by Crippen LogP contribution is 2.45. The zero-order valence-electron chi connectivity index (χ0n) is 15.0. The molecule has 0 bridgehead atoms. The zero-order valence-corrected chi connectivity index (χ0v) is 15.8. The Labute approximate surface area is 148 Å². The van der Waals surface area contributed by atoms with Crippen LogP contribution in [0.3, 0.4) is 0 Å². The van der Waals surface area contributed by atoms with E-state index in [1.165, 1.54) is 4.88 Å². The van der Waals surface area contributed by atoms with E-state index < -0.39 is 0 Å². The van der Waals surface area contributed by atoms with Gasteiger partial charge < -0.3 is 10.1 Å². The lowest BCUT2D eigenvalue weighted by atomic mass is 9.72. The molecular weight excluding hydrogens is 322 g/mol. The van der Waals surface area contributed by atoms with Crippen molar-refractivity contribution in [1.82, 2.24) is 0 Å². The number of thiophene rings is 1. The lowest BCUT2D eigenvalue weighted by molar-refractivity contribution is -0.117. The molecule has 3 rings (SSSR count). The fourth-order valence-corrected chi connectivity index (χ4v) is 4.71. The summed E-state index contributed by atoms with van der Waals surface area (Å²) in [4.78, 5) is 25.9. The first-order valence-corrected chi connectivity index (χ1v) is 9.75. The van der Waals surface area contributed by atoms with Gasteiger partial charge in [0, 0.05) is 10.8 Å². The first kappa shape index (κ1) is 17.5. The number of nitrogens with one attached hydrogen (secondary N) is 1. The second kappa shape index (κ2) is 6.51. The van der Waals surface area contributed by atoms with Crippen molar-refractivity contribution in [2.45, 2.75) is 59.8 Å². The van der Waals surface area contributed by atoms with Crippen LogP contribution in [0.2, 0.25) is 0 Å². The van der Waals surface area contributed by atoms with E-state index in [0.29, 0.717) is 23.1 Å². The van der Waals surface area contributed by atoms with Gasteiger partial charge in [0.2, 0.25) is 5.91 Å². The number of carbonyl (C=O) groups is 2. The number of hydrogen-bond donors (Lipinski definition) is 1. The van der Waals surface area contributed by atoms with Crippen molar-refractivity contribution in [3.8, 4) is 0 Å². The molecule has 1 N–H and O–H groups in total. The number of esters is 1. The van der Waals surface area contributed by atoms with Crippen LogP contribution in [0.1, 0.15) is 67.8 Å². The van der Waals surface area contributed by atoms with Crippen LogP contribution in [-0.2, 0) is 22.4 Å². The van der Waals surface area contributed by atoms with Crippen LogP contribution in [0.15, 0.2) is 0 Å². The van der Waals surface area contributed by atoms with Crippen LogP contribution in [-0.4, -0.2) is 18.5 Å². The Morgan fingerprint density at radius 3 is 2.54 bits per heavy atom. The normalized spacial score (nSPS) is 20.4. The molecule has 1 aromatic heterocycles. The molecule has 1 saturated carbocycles. The molecule has 2 aliphatic carbocycles. The molecule has 0 aliphatic heterocycles. The Hall–Kier alpha value is -1.36. The maximum absolute atomic E-state index is 12.5. The minimum atomic E-state index is -0.296. The van der Waals surface area contributed by atoms with Crippen LogP contribution < -0.4 is 5.32 Å². The summed E-state index contributed by atoms with van der Waals surface area (Å²) in [5.41, 5.74) is 1.96. The second-order valence-electron chi connectivity index (χ2n) is 8.00. The predicted molar refractivity (Wildman–Crippen MR) is 96.6 cm³/mol. The summed E-state index contributed by atoms with van der Waals surface area (Å²) in [6.07, 6.45) is 4.86. The van der Waals surface area contributed by atoms with E-state index in [9.17, 15) is 9.59 Å². The van der Waals surface area contributed by atoms with Gasteiger partial charge in [-0.2, -0.15) is 0 Å². The average Bonchev–Trinajstić information content (AvgIpc) is 3.28. The van der Waals surface area contributed by atoms with E-state index in [4.69, 9.17) is 4.74 Å². The standard InChI is InChI=1S/C19H27NO3S/c1-5-23-18(22)15-13-9-8-12(19(2,3)4)10-14(13)24-17(15)20-16(21)11-6-7-11/h11-12H,5-10H2,1-4H3,(H,20,21)/t12-/m0/s1. The summed E-state index contributed by atoms with van der Waals surface area (Å²) in [6.45, 7) is 8.99. The SMILES string of the molecule is CCOC(=O)c1c(NC(=O)C2CC2)sc2c1CC[C@H](C(C)(C)C)C2. The van der Waals surface area contributed by atoms with Crippen molar-refractivity contribution < 1.29 is 14.3 Å². The average molecular weight is 349 g/mol. The van der Waals surface area contributed by atoms with Crippen molar-refractivity contribution in [3.63, 3.8) is 0 Å². The van der Waals surface area contributed by atoms with Gasteiger partial charge >= 0.3 is 5.97 Å². The fourth-order valence-electron chi connectivity index (χ4n) is 3.39. The van der Waals surface area contributed by atoms with Gasteiger partial charge in [0.25, 0.3) is 0 Å². The third-order valence-electron chi connectivity index (χ3n) is 5.15. The fraction of sp³-hybridized carbons (Fsp3) is 0.684. The number of ether oxygens (including phenoxy) is 1. The van der Waals surface area contributed by atoms with Crippen LogP contribution >= 0.6 is 11.3 Å². The van der Waals surface area contributed by atoms with E-state index in [0.717, 1.165) is 37.7 Å². The molecule has 24 heavy (non-hydrogen) atoms. The minimum absolute atomic E-state index is 0.0477. The van der Waals surface area contributed by atoms with E-state index in [2.05, 4.69) is 26.1 Å².